The Hall–Kier alpha value is -0.380. The molecule has 50 valence electrons. The lowest BCUT2D eigenvalue weighted by Gasteiger charge is -2.27. The first-order valence-corrected chi connectivity index (χ1v) is 4.18. The van der Waals surface area contributed by atoms with E-state index in [-0.39, 0.29) is 0 Å². The van der Waals surface area contributed by atoms with Crippen LogP contribution in [0, 0.1) is 0 Å². The second-order valence-electron chi connectivity index (χ2n) is 2.19. The fourth-order valence-corrected chi connectivity index (χ4v) is 2.06. The first kappa shape index (κ1) is 5.41. The van der Waals surface area contributed by atoms with Crippen LogP contribution in [0.4, 0.5) is 0 Å². The van der Waals surface area contributed by atoms with Crippen molar-refractivity contribution in [2.75, 3.05) is 12.3 Å². The van der Waals surface area contributed by atoms with Crippen molar-refractivity contribution in [3.05, 3.63) is 0 Å². The molecule has 2 aliphatic rings. The number of rotatable bonds is 0. The molecule has 2 heterocycles. The van der Waals surface area contributed by atoms with E-state index >= 15 is 0 Å². The maximum absolute atomic E-state index is 3.96. The number of thioether (sulfide) groups is 1. The summed E-state index contributed by atoms with van der Waals surface area (Å²) < 4.78 is 0. The topological polar surface area (TPSA) is 27.6 Å². The van der Waals surface area contributed by atoms with Crippen LogP contribution in [0.1, 0.15) is 6.42 Å². The standard InChI is InChI=1S/C5H9N3S/c1-2-8-4-6-7-5(8)9-3-1/h4-5,7H,1-3H2. The fourth-order valence-electron chi connectivity index (χ4n) is 1.06. The van der Waals surface area contributed by atoms with Crippen molar-refractivity contribution in [2.45, 2.75) is 11.9 Å². The average Bonchev–Trinajstić information content (AvgIpc) is 2.33. The van der Waals surface area contributed by atoms with Gasteiger partial charge in [-0.2, -0.15) is 5.10 Å². The normalized spacial score (nSPS) is 32.0. The first-order chi connectivity index (χ1) is 4.47. The molecule has 1 atom stereocenters. The third-order valence-electron chi connectivity index (χ3n) is 1.53. The van der Waals surface area contributed by atoms with Crippen LogP contribution in [0.15, 0.2) is 5.10 Å². The third kappa shape index (κ3) is 0.871. The zero-order chi connectivity index (χ0) is 6.10. The van der Waals surface area contributed by atoms with Gasteiger partial charge in [0.25, 0.3) is 0 Å². The molecule has 2 aliphatic heterocycles. The summed E-state index contributed by atoms with van der Waals surface area (Å²) in [5, 5.41) is 3.96. The first-order valence-electron chi connectivity index (χ1n) is 3.13. The molecule has 0 amide bonds. The predicted molar refractivity (Wildman–Crippen MR) is 39.2 cm³/mol. The molecular formula is C5H9N3S. The summed E-state index contributed by atoms with van der Waals surface area (Å²) in [6.07, 6.45) is 3.17. The summed E-state index contributed by atoms with van der Waals surface area (Å²) in [5.41, 5.74) is 3.46. The lowest BCUT2D eigenvalue weighted by Crippen LogP contribution is -2.38. The molecule has 4 heteroatoms. The van der Waals surface area contributed by atoms with Crippen molar-refractivity contribution < 1.29 is 0 Å². The third-order valence-corrected chi connectivity index (χ3v) is 2.74. The van der Waals surface area contributed by atoms with E-state index in [1.165, 1.54) is 12.2 Å². The summed E-state index contributed by atoms with van der Waals surface area (Å²) >= 11 is 1.92. The Labute approximate surface area is 58.5 Å². The van der Waals surface area contributed by atoms with Gasteiger partial charge in [-0.15, -0.1) is 11.8 Å². The molecule has 0 saturated carbocycles. The summed E-state index contributed by atoms with van der Waals surface area (Å²) in [5.74, 6) is 1.26. The molecular weight excluding hydrogens is 134 g/mol. The molecule has 0 aromatic carbocycles. The fraction of sp³-hybridized carbons (Fsp3) is 0.800. The van der Waals surface area contributed by atoms with Gasteiger partial charge in [0.2, 0.25) is 0 Å². The second kappa shape index (κ2) is 2.10. The highest BCUT2D eigenvalue weighted by molar-refractivity contribution is 7.99. The van der Waals surface area contributed by atoms with Gasteiger partial charge in [0, 0.05) is 6.54 Å². The minimum Gasteiger partial charge on any atom is -0.331 e. The molecule has 1 unspecified atom stereocenters. The van der Waals surface area contributed by atoms with E-state index in [0.29, 0.717) is 5.50 Å². The Kier molecular flexibility index (Phi) is 1.26. The minimum atomic E-state index is 0.443. The molecule has 3 nitrogen and oxygen atoms in total. The lowest BCUT2D eigenvalue weighted by atomic mass is 10.4. The molecule has 1 fully saturated rings. The summed E-state index contributed by atoms with van der Waals surface area (Å²) in [4.78, 5) is 2.23. The van der Waals surface area contributed by atoms with E-state index in [1.807, 2.05) is 18.1 Å². The van der Waals surface area contributed by atoms with Gasteiger partial charge in [-0.05, 0) is 12.2 Å². The quantitative estimate of drug-likeness (QED) is 0.527. The molecule has 0 aromatic heterocycles. The van der Waals surface area contributed by atoms with Crippen molar-refractivity contribution in [1.82, 2.24) is 10.3 Å². The Bertz CT molecular complexity index is 136. The SMILES string of the molecule is C1=NNC2SCCCN12. The van der Waals surface area contributed by atoms with Gasteiger partial charge >= 0.3 is 0 Å². The van der Waals surface area contributed by atoms with Crippen molar-refractivity contribution in [3.63, 3.8) is 0 Å². The smallest absolute Gasteiger partial charge is 0.164 e. The molecule has 0 aliphatic carbocycles. The highest BCUT2D eigenvalue weighted by Crippen LogP contribution is 2.21. The van der Waals surface area contributed by atoms with Gasteiger partial charge in [0.05, 0.1) is 0 Å². The zero-order valence-corrected chi connectivity index (χ0v) is 5.90. The summed E-state index contributed by atoms with van der Waals surface area (Å²) in [6, 6.07) is 0. The van der Waals surface area contributed by atoms with Gasteiger partial charge in [0.15, 0.2) is 5.50 Å². The van der Waals surface area contributed by atoms with E-state index in [9.17, 15) is 0 Å². The maximum Gasteiger partial charge on any atom is 0.164 e. The van der Waals surface area contributed by atoms with Crippen LogP contribution in [-0.2, 0) is 0 Å². The van der Waals surface area contributed by atoms with Gasteiger partial charge in [-0.25, -0.2) is 0 Å². The molecule has 0 bridgehead atoms. The van der Waals surface area contributed by atoms with E-state index in [1.54, 1.807) is 0 Å². The number of hydrogen-bond donors (Lipinski definition) is 1. The van der Waals surface area contributed by atoms with Crippen LogP contribution in [0.25, 0.3) is 0 Å². The van der Waals surface area contributed by atoms with Crippen LogP contribution in [0.3, 0.4) is 0 Å². The van der Waals surface area contributed by atoms with E-state index < -0.39 is 0 Å². The van der Waals surface area contributed by atoms with Crippen molar-refractivity contribution in [3.8, 4) is 0 Å². The maximum atomic E-state index is 3.96. The molecule has 1 N–H and O–H groups in total. The number of nitrogens with one attached hydrogen (secondary N) is 1. The highest BCUT2D eigenvalue weighted by Gasteiger charge is 2.22. The van der Waals surface area contributed by atoms with E-state index in [0.717, 1.165) is 6.54 Å². The molecule has 0 aromatic rings. The molecule has 2 rings (SSSR count). The monoisotopic (exact) mass is 143 g/mol. The average molecular weight is 143 g/mol. The molecule has 9 heavy (non-hydrogen) atoms. The Balaban J connectivity index is 2.03. The van der Waals surface area contributed by atoms with Gasteiger partial charge < -0.3 is 4.90 Å². The van der Waals surface area contributed by atoms with Gasteiger partial charge in [0.1, 0.15) is 6.34 Å². The molecule has 0 radical (unpaired) electrons. The van der Waals surface area contributed by atoms with Crippen LogP contribution in [0.5, 0.6) is 0 Å². The number of hydrazone groups is 1. The number of nitrogens with zero attached hydrogens (tertiary/aromatic N) is 2. The Morgan fingerprint density at radius 2 is 2.78 bits per heavy atom. The van der Waals surface area contributed by atoms with Crippen LogP contribution >= 0.6 is 11.8 Å². The van der Waals surface area contributed by atoms with Gasteiger partial charge in [-0.3, -0.25) is 5.43 Å². The van der Waals surface area contributed by atoms with Crippen LogP contribution < -0.4 is 5.43 Å². The molecule has 1 saturated heterocycles. The molecule has 0 spiro atoms. The van der Waals surface area contributed by atoms with Crippen LogP contribution in [0.2, 0.25) is 0 Å². The lowest BCUT2D eigenvalue weighted by molar-refractivity contribution is 0.387. The minimum absolute atomic E-state index is 0.443. The summed E-state index contributed by atoms with van der Waals surface area (Å²) in [7, 11) is 0. The van der Waals surface area contributed by atoms with Crippen molar-refractivity contribution in [2.24, 2.45) is 5.10 Å². The van der Waals surface area contributed by atoms with Crippen molar-refractivity contribution in [1.29, 1.82) is 0 Å². The largest absolute Gasteiger partial charge is 0.331 e. The van der Waals surface area contributed by atoms with Gasteiger partial charge in [-0.1, -0.05) is 0 Å². The van der Waals surface area contributed by atoms with Crippen LogP contribution in [-0.4, -0.2) is 29.0 Å². The second-order valence-corrected chi connectivity index (χ2v) is 3.38. The number of fused-ring (bicyclic) bond motifs is 1. The zero-order valence-electron chi connectivity index (χ0n) is 5.08. The summed E-state index contributed by atoms with van der Waals surface area (Å²) in [6.45, 7) is 1.16. The Morgan fingerprint density at radius 1 is 1.78 bits per heavy atom. The predicted octanol–water partition coefficient (Wildman–Crippen LogP) is 0.255. The highest BCUT2D eigenvalue weighted by atomic mass is 32.2. The van der Waals surface area contributed by atoms with E-state index in [4.69, 9.17) is 0 Å². The van der Waals surface area contributed by atoms with E-state index in [2.05, 4.69) is 15.4 Å². The Morgan fingerprint density at radius 3 is 3.67 bits per heavy atom. The number of hydrogen-bond acceptors (Lipinski definition) is 4. The van der Waals surface area contributed by atoms with Crippen molar-refractivity contribution >= 4 is 18.1 Å².